The molecule has 1 saturated heterocycles. The fraction of sp³-hybridized carbons (Fsp3) is 0.400. The van der Waals surface area contributed by atoms with Crippen LogP contribution in [0.15, 0.2) is 114 Å². The molecule has 2 aromatic heterocycles. The van der Waals surface area contributed by atoms with Crippen LogP contribution in [-0.4, -0.2) is 57.5 Å². The lowest BCUT2D eigenvalue weighted by Crippen LogP contribution is -2.54. The van der Waals surface area contributed by atoms with Gasteiger partial charge in [-0.25, -0.2) is 0 Å². The Kier molecular flexibility index (Phi) is 12.9. The highest BCUT2D eigenvalue weighted by Gasteiger charge is 2.32. The molecule has 9 heteroatoms. The van der Waals surface area contributed by atoms with Gasteiger partial charge in [-0.1, -0.05) is 108 Å². The Hall–Kier alpha value is -4.86. The van der Waals surface area contributed by atoms with E-state index in [9.17, 15) is 0 Å². The Morgan fingerprint density at radius 3 is 2.14 bits per heavy atom. The topological polar surface area (TPSA) is 64.9 Å². The average Bonchev–Trinajstić information content (AvgIpc) is 3.61. The SMILES string of the molecule is Cc1c(Br)cccc1O[C@H]1CC[C@H](CCCC(C)(C)N2CCN(c3cccc4c(-c5ccc(OCc6ccccc6)nc5OCc5ccccc5)nn(C)c34)CC2)CC1. The zero-order valence-corrected chi connectivity index (χ0v) is 36.7. The second-order valence-corrected chi connectivity index (χ2v) is 17.9. The molecule has 0 atom stereocenters. The Labute approximate surface area is 358 Å². The summed E-state index contributed by atoms with van der Waals surface area (Å²) in [4.78, 5) is 10.2. The molecule has 2 aliphatic rings. The molecule has 0 amide bonds. The second kappa shape index (κ2) is 18.6. The van der Waals surface area contributed by atoms with Gasteiger partial charge in [0.05, 0.1) is 22.9 Å². The van der Waals surface area contributed by atoms with Crippen LogP contribution < -0.4 is 19.1 Å². The van der Waals surface area contributed by atoms with Crippen LogP contribution in [0.4, 0.5) is 5.69 Å². The number of rotatable bonds is 15. The van der Waals surface area contributed by atoms with E-state index in [2.05, 4.69) is 107 Å². The highest BCUT2D eigenvalue weighted by atomic mass is 79.9. The minimum atomic E-state index is 0.163. The van der Waals surface area contributed by atoms with Crippen LogP contribution in [0, 0.1) is 12.8 Å². The predicted octanol–water partition coefficient (Wildman–Crippen LogP) is 11.6. The number of hydrogen-bond donors (Lipinski definition) is 0. The van der Waals surface area contributed by atoms with Gasteiger partial charge in [-0.05, 0) is 94.2 Å². The van der Waals surface area contributed by atoms with Gasteiger partial charge in [0.25, 0.3) is 0 Å². The van der Waals surface area contributed by atoms with Crippen molar-refractivity contribution in [2.75, 3.05) is 31.1 Å². The zero-order valence-electron chi connectivity index (χ0n) is 35.1. The Bertz CT molecular complexity index is 2300. The molecule has 0 spiro atoms. The highest BCUT2D eigenvalue weighted by Crippen LogP contribution is 2.39. The third-order valence-corrected chi connectivity index (χ3v) is 13.4. The fourth-order valence-corrected chi connectivity index (χ4v) is 9.34. The number of fused-ring (bicyclic) bond motifs is 1. The first-order chi connectivity index (χ1) is 28.7. The van der Waals surface area contributed by atoms with E-state index >= 15 is 0 Å². The maximum Gasteiger partial charge on any atom is 0.226 e. The number of pyridine rings is 1. The van der Waals surface area contributed by atoms with Gasteiger partial charge in [-0.2, -0.15) is 10.1 Å². The van der Waals surface area contributed by atoms with Crippen molar-refractivity contribution in [3.05, 3.63) is 130 Å². The molecule has 1 saturated carbocycles. The van der Waals surface area contributed by atoms with E-state index in [-0.39, 0.29) is 5.54 Å². The molecule has 0 bridgehead atoms. The number of benzene rings is 4. The molecule has 4 aromatic carbocycles. The Balaban J connectivity index is 0.897. The van der Waals surface area contributed by atoms with Crippen molar-refractivity contribution in [2.45, 2.75) is 90.6 Å². The van der Waals surface area contributed by atoms with Crippen molar-refractivity contribution >= 4 is 32.5 Å². The van der Waals surface area contributed by atoms with E-state index in [1.807, 2.05) is 60.3 Å². The number of hydrogen-bond acceptors (Lipinski definition) is 7. The van der Waals surface area contributed by atoms with Gasteiger partial charge in [-0.15, -0.1) is 0 Å². The van der Waals surface area contributed by atoms with E-state index in [0.29, 0.717) is 31.1 Å². The van der Waals surface area contributed by atoms with Crippen LogP contribution in [0.1, 0.15) is 75.5 Å². The smallest absolute Gasteiger partial charge is 0.226 e. The third kappa shape index (κ3) is 9.79. The number of para-hydroxylation sites is 1. The van der Waals surface area contributed by atoms with Crippen molar-refractivity contribution < 1.29 is 14.2 Å². The van der Waals surface area contributed by atoms with Crippen molar-refractivity contribution in [1.29, 1.82) is 0 Å². The maximum atomic E-state index is 6.45. The summed E-state index contributed by atoms with van der Waals surface area (Å²) in [6, 6.07) is 37.1. The van der Waals surface area contributed by atoms with Gasteiger partial charge >= 0.3 is 0 Å². The molecule has 59 heavy (non-hydrogen) atoms. The lowest BCUT2D eigenvalue weighted by atomic mass is 9.82. The number of ether oxygens (including phenoxy) is 3. The van der Waals surface area contributed by atoms with Gasteiger partial charge in [0, 0.05) is 60.3 Å². The molecule has 0 N–H and O–H groups in total. The lowest BCUT2D eigenvalue weighted by molar-refractivity contribution is 0.0945. The summed E-state index contributed by atoms with van der Waals surface area (Å²) in [7, 11) is 2.05. The van der Waals surface area contributed by atoms with Gasteiger partial charge in [0.15, 0.2) is 0 Å². The first-order valence-corrected chi connectivity index (χ1v) is 22.2. The monoisotopic (exact) mass is 855 g/mol. The first kappa shape index (κ1) is 40.9. The molecule has 1 aliphatic heterocycles. The lowest BCUT2D eigenvalue weighted by Gasteiger charge is -2.45. The quantitative estimate of drug-likeness (QED) is 0.102. The molecule has 8 rings (SSSR count). The van der Waals surface area contributed by atoms with Crippen LogP contribution in [0.2, 0.25) is 0 Å². The number of halogens is 1. The number of anilines is 1. The molecular weight excluding hydrogens is 798 g/mol. The molecule has 2 fully saturated rings. The summed E-state index contributed by atoms with van der Waals surface area (Å²) >= 11 is 3.65. The van der Waals surface area contributed by atoms with Gasteiger partial charge in [0.2, 0.25) is 11.8 Å². The van der Waals surface area contributed by atoms with E-state index in [0.717, 1.165) is 88.4 Å². The van der Waals surface area contributed by atoms with Crippen LogP contribution in [-0.2, 0) is 20.3 Å². The molecule has 0 unspecified atom stereocenters. The normalized spacial score (nSPS) is 17.6. The van der Waals surface area contributed by atoms with Crippen LogP contribution in [0.3, 0.4) is 0 Å². The van der Waals surface area contributed by atoms with Crippen LogP contribution >= 0.6 is 15.9 Å². The predicted molar refractivity (Wildman–Crippen MR) is 242 cm³/mol. The highest BCUT2D eigenvalue weighted by molar-refractivity contribution is 9.10. The summed E-state index contributed by atoms with van der Waals surface area (Å²) in [6.07, 6.45) is 9.00. The number of aryl methyl sites for hydroxylation is 1. The standard InChI is InChI=1S/C50H58BrN5O3/c1-36-43(51)20-12-22-45(36)59-40-25-23-37(24-26-40)18-13-29-50(2,3)56-32-30-55(31-33-56)44-21-11-19-41-47(53-54(4)48(41)44)42-27-28-46(57-34-38-14-7-5-8-15-38)52-49(42)58-35-39-16-9-6-10-17-39/h5-12,14-17,19-22,27-28,37,40H,13,18,23-26,29-35H2,1-4H3/t37-,40-. The molecule has 308 valence electrons. The largest absolute Gasteiger partial charge is 0.490 e. The summed E-state index contributed by atoms with van der Waals surface area (Å²) in [5, 5.41) is 6.20. The minimum Gasteiger partial charge on any atom is -0.490 e. The van der Waals surface area contributed by atoms with E-state index in [4.69, 9.17) is 24.3 Å². The minimum absolute atomic E-state index is 0.163. The third-order valence-electron chi connectivity index (χ3n) is 12.6. The maximum absolute atomic E-state index is 6.45. The number of nitrogens with zero attached hydrogens (tertiary/aromatic N) is 5. The van der Waals surface area contributed by atoms with Crippen LogP contribution in [0.25, 0.3) is 22.2 Å². The van der Waals surface area contributed by atoms with Gasteiger partial charge in [0.1, 0.15) is 24.7 Å². The molecule has 0 radical (unpaired) electrons. The van der Waals surface area contributed by atoms with E-state index < -0.39 is 0 Å². The van der Waals surface area contributed by atoms with Crippen molar-refractivity contribution in [3.63, 3.8) is 0 Å². The van der Waals surface area contributed by atoms with Gasteiger partial charge in [-0.3, -0.25) is 9.58 Å². The Morgan fingerprint density at radius 2 is 1.42 bits per heavy atom. The Morgan fingerprint density at radius 1 is 0.746 bits per heavy atom. The van der Waals surface area contributed by atoms with Crippen LogP contribution in [0.5, 0.6) is 17.5 Å². The zero-order chi connectivity index (χ0) is 40.8. The van der Waals surface area contributed by atoms with Crippen molar-refractivity contribution in [1.82, 2.24) is 19.7 Å². The molecule has 8 nitrogen and oxygen atoms in total. The number of piperazine rings is 1. The summed E-state index contributed by atoms with van der Waals surface area (Å²) < 4.78 is 22.2. The summed E-state index contributed by atoms with van der Waals surface area (Å²) in [5.41, 5.74) is 7.56. The molecular formula is C50H58BrN5O3. The van der Waals surface area contributed by atoms with E-state index in [1.165, 1.54) is 43.4 Å². The molecule has 3 heterocycles. The first-order valence-electron chi connectivity index (χ1n) is 21.4. The number of aromatic nitrogens is 3. The van der Waals surface area contributed by atoms with Gasteiger partial charge < -0.3 is 19.1 Å². The van der Waals surface area contributed by atoms with Crippen molar-refractivity contribution in [2.24, 2.45) is 13.0 Å². The summed E-state index contributed by atoms with van der Waals surface area (Å²) in [6.45, 7) is 11.9. The van der Waals surface area contributed by atoms with E-state index in [1.54, 1.807) is 0 Å². The second-order valence-electron chi connectivity index (χ2n) is 17.0. The molecule has 6 aromatic rings. The fourth-order valence-electron chi connectivity index (χ4n) is 8.99. The molecule has 1 aliphatic carbocycles. The van der Waals surface area contributed by atoms with Crippen molar-refractivity contribution in [3.8, 4) is 28.8 Å². The summed E-state index contributed by atoms with van der Waals surface area (Å²) in [5.74, 6) is 2.86. The average molecular weight is 857 g/mol.